The first-order valence-corrected chi connectivity index (χ1v) is 8.85. The number of hydrogen-bond acceptors (Lipinski definition) is 4. The van der Waals surface area contributed by atoms with Crippen LogP contribution in [0.5, 0.6) is 0 Å². The van der Waals surface area contributed by atoms with Gasteiger partial charge in [-0.05, 0) is 58.6 Å². The second kappa shape index (κ2) is 9.08. The van der Waals surface area contributed by atoms with Crippen molar-refractivity contribution in [3.8, 4) is 0 Å². The predicted molar refractivity (Wildman–Crippen MR) is 92.3 cm³/mol. The van der Waals surface area contributed by atoms with Crippen LogP contribution in [0.1, 0.15) is 50.8 Å². The van der Waals surface area contributed by atoms with E-state index in [9.17, 15) is 4.79 Å². The highest BCUT2D eigenvalue weighted by molar-refractivity contribution is 5.81. The van der Waals surface area contributed by atoms with E-state index in [1.54, 1.807) is 6.26 Å². The molecule has 1 N–H and O–H groups in total. The summed E-state index contributed by atoms with van der Waals surface area (Å²) in [7, 11) is 4.01. The summed E-state index contributed by atoms with van der Waals surface area (Å²) in [5.74, 6) is 1.06. The number of likely N-dealkylation sites (tertiary alicyclic amines) is 1. The normalized spacial score (nSPS) is 20.6. The van der Waals surface area contributed by atoms with Gasteiger partial charge in [0.25, 0.3) is 0 Å². The first-order chi connectivity index (χ1) is 11.1. The molecule has 2 rings (SSSR count). The first kappa shape index (κ1) is 18.0. The number of rotatable bonds is 8. The fraction of sp³-hybridized carbons (Fsp3) is 0.722. The van der Waals surface area contributed by atoms with Crippen molar-refractivity contribution >= 4 is 5.91 Å². The summed E-state index contributed by atoms with van der Waals surface area (Å²) in [5.41, 5.74) is 0. The number of hydrogen-bond donors (Lipinski definition) is 1. The van der Waals surface area contributed by atoms with Gasteiger partial charge in [-0.15, -0.1) is 0 Å². The van der Waals surface area contributed by atoms with E-state index in [1.165, 1.54) is 12.8 Å². The van der Waals surface area contributed by atoms with Gasteiger partial charge in [0.05, 0.1) is 18.3 Å². The minimum atomic E-state index is 0.0368. The zero-order valence-electron chi connectivity index (χ0n) is 14.8. The molecule has 0 aliphatic carbocycles. The van der Waals surface area contributed by atoms with Gasteiger partial charge in [-0.3, -0.25) is 14.6 Å². The Morgan fingerprint density at radius 3 is 2.96 bits per heavy atom. The van der Waals surface area contributed by atoms with Gasteiger partial charge in [-0.25, -0.2) is 0 Å². The zero-order valence-corrected chi connectivity index (χ0v) is 14.8. The van der Waals surface area contributed by atoms with Crippen LogP contribution in [0.15, 0.2) is 22.8 Å². The average molecular weight is 321 g/mol. The summed E-state index contributed by atoms with van der Waals surface area (Å²) in [6.07, 6.45) is 7.35. The van der Waals surface area contributed by atoms with Gasteiger partial charge in [-0.1, -0.05) is 19.8 Å². The number of piperidine rings is 1. The molecule has 1 fully saturated rings. The van der Waals surface area contributed by atoms with Crippen molar-refractivity contribution in [1.29, 1.82) is 0 Å². The Labute approximate surface area is 140 Å². The van der Waals surface area contributed by atoms with Crippen molar-refractivity contribution in [3.63, 3.8) is 0 Å². The number of likely N-dealkylation sites (N-methyl/N-ethyl adjacent to an activating group) is 1. The molecule has 1 aliphatic rings. The first-order valence-electron chi connectivity index (χ1n) is 8.85. The predicted octanol–water partition coefficient (Wildman–Crippen LogP) is 2.65. The van der Waals surface area contributed by atoms with Crippen molar-refractivity contribution < 1.29 is 9.21 Å². The van der Waals surface area contributed by atoms with Crippen LogP contribution in [-0.2, 0) is 4.79 Å². The second-order valence-corrected chi connectivity index (χ2v) is 6.64. The number of carbonyl (C=O) groups excluding carboxylic acids is 1. The topological polar surface area (TPSA) is 48.7 Å². The van der Waals surface area contributed by atoms with Crippen LogP contribution in [0, 0.1) is 0 Å². The third kappa shape index (κ3) is 5.08. The van der Waals surface area contributed by atoms with Crippen molar-refractivity contribution in [3.05, 3.63) is 24.2 Å². The molecule has 1 aromatic heterocycles. The van der Waals surface area contributed by atoms with E-state index in [4.69, 9.17) is 4.42 Å². The Kier molecular flexibility index (Phi) is 7.12. The molecule has 1 amide bonds. The van der Waals surface area contributed by atoms with E-state index < -0.39 is 0 Å². The lowest BCUT2D eigenvalue weighted by Crippen LogP contribution is -2.50. The maximum atomic E-state index is 12.7. The minimum Gasteiger partial charge on any atom is -0.468 e. The SMILES string of the molecule is CCCCN1CCCC[C@H]1C(=O)NC[C@@H](c1ccco1)N(C)C. The van der Waals surface area contributed by atoms with Crippen molar-refractivity contribution in [2.24, 2.45) is 0 Å². The Balaban J connectivity index is 1.91. The summed E-state index contributed by atoms with van der Waals surface area (Å²) in [5, 5.41) is 3.15. The summed E-state index contributed by atoms with van der Waals surface area (Å²) in [6, 6.07) is 3.96. The minimum absolute atomic E-state index is 0.0368. The van der Waals surface area contributed by atoms with Gasteiger partial charge in [0.15, 0.2) is 0 Å². The molecule has 0 unspecified atom stereocenters. The molecule has 2 atom stereocenters. The molecule has 0 aromatic carbocycles. The number of nitrogens with one attached hydrogen (secondary N) is 1. The Hall–Kier alpha value is -1.33. The third-order valence-electron chi connectivity index (χ3n) is 4.68. The smallest absolute Gasteiger partial charge is 0.237 e. The van der Waals surface area contributed by atoms with Crippen LogP contribution < -0.4 is 5.32 Å². The molecular weight excluding hydrogens is 290 g/mol. The molecule has 130 valence electrons. The highest BCUT2D eigenvalue weighted by Gasteiger charge is 2.29. The molecule has 0 bridgehead atoms. The molecule has 5 heteroatoms. The van der Waals surface area contributed by atoms with E-state index in [-0.39, 0.29) is 18.0 Å². The molecule has 0 radical (unpaired) electrons. The average Bonchev–Trinajstić information content (AvgIpc) is 3.07. The number of unbranched alkanes of at least 4 members (excludes halogenated alkanes) is 1. The number of carbonyl (C=O) groups is 1. The molecule has 1 aromatic rings. The van der Waals surface area contributed by atoms with E-state index in [2.05, 4.69) is 22.0 Å². The van der Waals surface area contributed by atoms with Crippen LogP contribution in [0.2, 0.25) is 0 Å². The van der Waals surface area contributed by atoms with E-state index in [0.717, 1.165) is 38.1 Å². The van der Waals surface area contributed by atoms with Crippen LogP contribution in [0.3, 0.4) is 0 Å². The molecule has 1 saturated heterocycles. The standard InChI is InChI=1S/C18H31N3O2/c1-4-5-11-21-12-7-6-9-15(21)18(22)19-14-16(20(2)3)17-10-8-13-23-17/h8,10,13,15-16H,4-7,9,11-12,14H2,1-3H3,(H,19,22)/t15-,16-/m0/s1. The summed E-state index contributed by atoms with van der Waals surface area (Å²) >= 11 is 0. The molecule has 0 saturated carbocycles. The van der Waals surface area contributed by atoms with Gasteiger partial charge in [-0.2, -0.15) is 0 Å². The second-order valence-electron chi connectivity index (χ2n) is 6.64. The van der Waals surface area contributed by atoms with Gasteiger partial charge < -0.3 is 9.73 Å². The molecule has 0 spiro atoms. The quantitative estimate of drug-likeness (QED) is 0.800. The lowest BCUT2D eigenvalue weighted by Gasteiger charge is -2.35. The largest absolute Gasteiger partial charge is 0.468 e. The number of furan rings is 1. The van der Waals surface area contributed by atoms with Gasteiger partial charge in [0, 0.05) is 6.54 Å². The Morgan fingerprint density at radius 2 is 2.30 bits per heavy atom. The van der Waals surface area contributed by atoms with E-state index in [0.29, 0.717) is 6.54 Å². The number of nitrogens with zero attached hydrogens (tertiary/aromatic N) is 2. The monoisotopic (exact) mass is 321 g/mol. The summed E-state index contributed by atoms with van der Waals surface area (Å²) in [4.78, 5) is 17.1. The summed E-state index contributed by atoms with van der Waals surface area (Å²) in [6.45, 7) is 4.86. The fourth-order valence-electron chi connectivity index (χ4n) is 3.25. The zero-order chi connectivity index (χ0) is 16.7. The van der Waals surface area contributed by atoms with Gasteiger partial charge in [0.1, 0.15) is 5.76 Å². The molecular formula is C18H31N3O2. The lowest BCUT2D eigenvalue weighted by molar-refractivity contribution is -0.127. The highest BCUT2D eigenvalue weighted by atomic mass is 16.3. The van der Waals surface area contributed by atoms with Crippen LogP contribution in [-0.4, -0.2) is 55.5 Å². The highest BCUT2D eigenvalue weighted by Crippen LogP contribution is 2.20. The van der Waals surface area contributed by atoms with Crippen molar-refractivity contribution in [1.82, 2.24) is 15.1 Å². The van der Waals surface area contributed by atoms with Crippen LogP contribution >= 0.6 is 0 Å². The number of amides is 1. The molecule has 23 heavy (non-hydrogen) atoms. The van der Waals surface area contributed by atoms with Crippen LogP contribution in [0.4, 0.5) is 0 Å². The van der Waals surface area contributed by atoms with Crippen molar-refractivity contribution in [2.45, 2.75) is 51.1 Å². The molecule has 5 nitrogen and oxygen atoms in total. The maximum absolute atomic E-state index is 12.7. The van der Waals surface area contributed by atoms with Gasteiger partial charge >= 0.3 is 0 Å². The Bertz CT molecular complexity index is 459. The summed E-state index contributed by atoms with van der Waals surface area (Å²) < 4.78 is 5.51. The van der Waals surface area contributed by atoms with Crippen molar-refractivity contribution in [2.75, 3.05) is 33.7 Å². The van der Waals surface area contributed by atoms with E-state index >= 15 is 0 Å². The third-order valence-corrected chi connectivity index (χ3v) is 4.68. The Morgan fingerprint density at radius 1 is 1.48 bits per heavy atom. The molecule has 2 heterocycles. The fourth-order valence-corrected chi connectivity index (χ4v) is 3.25. The van der Waals surface area contributed by atoms with Gasteiger partial charge in [0.2, 0.25) is 5.91 Å². The lowest BCUT2D eigenvalue weighted by atomic mass is 10.0. The molecule has 1 aliphatic heterocycles. The maximum Gasteiger partial charge on any atom is 0.237 e. The van der Waals surface area contributed by atoms with E-state index in [1.807, 2.05) is 26.2 Å². The van der Waals surface area contributed by atoms with Crippen LogP contribution in [0.25, 0.3) is 0 Å².